The zero-order valence-corrected chi connectivity index (χ0v) is 17.1. The van der Waals surface area contributed by atoms with Gasteiger partial charge in [0.25, 0.3) is 10.0 Å². The first-order valence-electron chi connectivity index (χ1n) is 7.85. The van der Waals surface area contributed by atoms with Gasteiger partial charge in [0.05, 0.1) is 10.6 Å². The van der Waals surface area contributed by atoms with Gasteiger partial charge >= 0.3 is 5.69 Å². The summed E-state index contributed by atoms with van der Waals surface area (Å²) in [6, 6.07) is 7.91. The third-order valence-electron chi connectivity index (χ3n) is 3.73. The van der Waals surface area contributed by atoms with Crippen LogP contribution in [0.4, 0.5) is 11.4 Å². The van der Waals surface area contributed by atoms with Crippen molar-refractivity contribution in [3.63, 3.8) is 0 Å². The fraction of sp³-hybridized carbons (Fsp3) is 0.118. The molecule has 1 aromatic carbocycles. The molecule has 0 atom stereocenters. The van der Waals surface area contributed by atoms with E-state index >= 15 is 0 Å². The minimum absolute atomic E-state index is 0.00673. The van der Waals surface area contributed by atoms with E-state index in [0.29, 0.717) is 15.6 Å². The molecule has 0 bridgehead atoms. The molecule has 28 heavy (non-hydrogen) atoms. The van der Waals surface area contributed by atoms with Crippen LogP contribution in [0.15, 0.2) is 39.1 Å². The zero-order valence-electron chi connectivity index (χ0n) is 14.7. The van der Waals surface area contributed by atoms with Crippen molar-refractivity contribution in [3.05, 3.63) is 67.4 Å². The first-order valence-corrected chi connectivity index (χ1v) is 10.5. The normalized spacial score (nSPS) is 11.8. The number of rotatable bonds is 6. The Hall–Kier alpha value is -2.69. The van der Waals surface area contributed by atoms with E-state index in [1.54, 1.807) is 18.2 Å². The fourth-order valence-corrected chi connectivity index (χ4v) is 4.76. The van der Waals surface area contributed by atoms with Gasteiger partial charge in [0.2, 0.25) is 5.76 Å². The van der Waals surface area contributed by atoms with Crippen LogP contribution in [0, 0.1) is 24.0 Å². The first-order chi connectivity index (χ1) is 13.2. The summed E-state index contributed by atoms with van der Waals surface area (Å²) in [5, 5.41) is 15.1. The number of nitrogens with zero attached hydrogens (tertiary/aromatic N) is 2. The molecule has 3 aromatic rings. The van der Waals surface area contributed by atoms with Crippen molar-refractivity contribution in [2.45, 2.75) is 18.1 Å². The summed E-state index contributed by atoms with van der Waals surface area (Å²) in [6.07, 6.45) is 2.91. The molecule has 0 amide bonds. The van der Waals surface area contributed by atoms with E-state index in [4.69, 9.17) is 16.1 Å². The Kier molecular flexibility index (Phi) is 5.54. The molecule has 0 fully saturated rings. The van der Waals surface area contributed by atoms with Crippen molar-refractivity contribution >= 4 is 56.5 Å². The van der Waals surface area contributed by atoms with Crippen molar-refractivity contribution in [2.24, 2.45) is 0 Å². The quantitative estimate of drug-likeness (QED) is 0.432. The Bertz CT molecular complexity index is 1180. The number of anilines is 1. The summed E-state index contributed by atoms with van der Waals surface area (Å²) < 4.78 is 32.6. The topological polar surface area (TPSA) is 115 Å². The number of nitro groups is 1. The highest BCUT2D eigenvalue weighted by Gasteiger charge is 2.22. The van der Waals surface area contributed by atoms with Crippen LogP contribution >= 0.6 is 22.9 Å². The van der Waals surface area contributed by atoms with Crippen molar-refractivity contribution in [3.8, 4) is 0 Å². The lowest BCUT2D eigenvalue weighted by Crippen LogP contribution is -2.11. The van der Waals surface area contributed by atoms with Gasteiger partial charge in [-0.3, -0.25) is 14.8 Å². The van der Waals surface area contributed by atoms with Crippen LogP contribution < -0.4 is 4.72 Å². The molecule has 2 aromatic heterocycles. The summed E-state index contributed by atoms with van der Waals surface area (Å²) >= 11 is 7.03. The van der Waals surface area contributed by atoms with E-state index in [1.807, 2.05) is 6.92 Å². The number of sulfonamides is 1. The van der Waals surface area contributed by atoms with Gasteiger partial charge in [-0.25, -0.2) is 8.42 Å². The van der Waals surface area contributed by atoms with Crippen LogP contribution in [-0.4, -0.2) is 18.5 Å². The molecule has 146 valence electrons. The summed E-state index contributed by atoms with van der Waals surface area (Å²) in [5.41, 5.74) is 1.14. The summed E-state index contributed by atoms with van der Waals surface area (Å²) in [7, 11) is -3.79. The standard InChI is InChI=1S/C17H14ClN3O5S2/c1-10-3-4-12(9-14(10)18)20-28(24,25)16-8-6-13(27-16)5-7-15-17(21(22)23)11(2)19-26-15/h3-9,20H,1-2H3/b7-5+. The number of aryl methyl sites for hydroxylation is 2. The number of hydrogen-bond acceptors (Lipinski definition) is 7. The van der Waals surface area contributed by atoms with E-state index < -0.39 is 14.9 Å². The van der Waals surface area contributed by atoms with Crippen LogP contribution in [0.5, 0.6) is 0 Å². The smallest absolute Gasteiger partial charge is 0.338 e. The molecule has 0 saturated carbocycles. The average molecular weight is 440 g/mol. The number of nitrogens with one attached hydrogen (secondary N) is 1. The van der Waals surface area contributed by atoms with Gasteiger partial charge in [0.15, 0.2) is 5.69 Å². The maximum atomic E-state index is 12.5. The highest BCUT2D eigenvalue weighted by atomic mass is 35.5. The van der Waals surface area contributed by atoms with Gasteiger partial charge in [-0.2, -0.15) is 0 Å². The molecule has 1 N–H and O–H groups in total. The predicted molar refractivity (Wildman–Crippen MR) is 108 cm³/mol. The maximum Gasteiger partial charge on any atom is 0.338 e. The second-order valence-electron chi connectivity index (χ2n) is 5.80. The molecule has 0 aliphatic heterocycles. The summed E-state index contributed by atoms with van der Waals surface area (Å²) in [4.78, 5) is 11.0. The fourth-order valence-electron chi connectivity index (χ4n) is 2.30. The number of benzene rings is 1. The average Bonchev–Trinajstić information content (AvgIpc) is 3.23. The van der Waals surface area contributed by atoms with Crippen molar-refractivity contribution in [1.29, 1.82) is 0 Å². The first kappa shape index (κ1) is 20.1. The van der Waals surface area contributed by atoms with E-state index in [1.165, 1.54) is 31.2 Å². The second kappa shape index (κ2) is 7.74. The van der Waals surface area contributed by atoms with Gasteiger partial charge in [0, 0.05) is 9.90 Å². The second-order valence-corrected chi connectivity index (χ2v) is 9.23. The molecular formula is C17H14ClN3O5S2. The largest absolute Gasteiger partial charge is 0.349 e. The van der Waals surface area contributed by atoms with Gasteiger partial charge in [-0.1, -0.05) is 22.8 Å². The van der Waals surface area contributed by atoms with E-state index in [-0.39, 0.29) is 21.4 Å². The van der Waals surface area contributed by atoms with Gasteiger partial charge < -0.3 is 4.52 Å². The molecule has 0 aliphatic carbocycles. The molecule has 0 radical (unpaired) electrons. The molecule has 11 heteroatoms. The molecule has 8 nitrogen and oxygen atoms in total. The lowest BCUT2D eigenvalue weighted by Gasteiger charge is -2.07. The SMILES string of the molecule is Cc1ccc(NS(=O)(=O)c2ccc(/C=C/c3onc(C)c3[N+](=O)[O-])s2)cc1Cl. The van der Waals surface area contributed by atoms with E-state index in [9.17, 15) is 18.5 Å². The Morgan fingerprint density at radius 1 is 1.25 bits per heavy atom. The summed E-state index contributed by atoms with van der Waals surface area (Å²) in [6.45, 7) is 3.29. The van der Waals surface area contributed by atoms with Crippen LogP contribution in [-0.2, 0) is 10.0 Å². The van der Waals surface area contributed by atoms with Crippen molar-refractivity contribution in [2.75, 3.05) is 4.72 Å². The van der Waals surface area contributed by atoms with Crippen LogP contribution in [0.1, 0.15) is 21.9 Å². The maximum absolute atomic E-state index is 12.5. The van der Waals surface area contributed by atoms with Crippen LogP contribution in [0.25, 0.3) is 12.2 Å². The Labute approximate surface area is 169 Å². The number of aromatic nitrogens is 1. The highest BCUT2D eigenvalue weighted by Crippen LogP contribution is 2.29. The zero-order chi connectivity index (χ0) is 20.5. The van der Waals surface area contributed by atoms with E-state index in [2.05, 4.69) is 9.88 Å². The van der Waals surface area contributed by atoms with Crippen molar-refractivity contribution < 1.29 is 17.9 Å². The Morgan fingerprint density at radius 2 is 2.00 bits per heavy atom. The lowest BCUT2D eigenvalue weighted by molar-refractivity contribution is -0.386. The summed E-state index contributed by atoms with van der Waals surface area (Å²) in [5.74, 6) is -0.00673. The molecular weight excluding hydrogens is 426 g/mol. The monoisotopic (exact) mass is 439 g/mol. The number of hydrogen-bond donors (Lipinski definition) is 1. The molecule has 3 rings (SSSR count). The molecule has 2 heterocycles. The molecule has 0 spiro atoms. The van der Waals surface area contributed by atoms with E-state index in [0.717, 1.165) is 16.9 Å². The minimum Gasteiger partial charge on any atom is -0.349 e. The van der Waals surface area contributed by atoms with Crippen LogP contribution in [0.2, 0.25) is 5.02 Å². The number of halogens is 1. The molecule has 0 saturated heterocycles. The highest BCUT2D eigenvalue weighted by molar-refractivity contribution is 7.94. The lowest BCUT2D eigenvalue weighted by atomic mass is 10.2. The van der Waals surface area contributed by atoms with Crippen molar-refractivity contribution in [1.82, 2.24) is 5.16 Å². The third kappa shape index (κ3) is 4.24. The predicted octanol–water partition coefficient (Wildman–Crippen LogP) is 4.89. The minimum atomic E-state index is -3.79. The van der Waals surface area contributed by atoms with Gasteiger partial charge in [-0.15, -0.1) is 11.3 Å². The molecule has 0 aliphatic rings. The molecule has 0 unspecified atom stereocenters. The Balaban J connectivity index is 1.81. The third-order valence-corrected chi connectivity index (χ3v) is 7.06. The van der Waals surface area contributed by atoms with Gasteiger partial charge in [0.1, 0.15) is 4.21 Å². The Morgan fingerprint density at radius 3 is 2.68 bits per heavy atom. The van der Waals surface area contributed by atoms with Crippen LogP contribution in [0.3, 0.4) is 0 Å². The number of thiophene rings is 1. The van der Waals surface area contributed by atoms with Gasteiger partial charge in [-0.05, 0) is 55.8 Å².